The van der Waals surface area contributed by atoms with Gasteiger partial charge in [-0.05, 0) is 23.8 Å². The summed E-state index contributed by atoms with van der Waals surface area (Å²) in [5.74, 6) is -0.158. The molecule has 2 aromatic heterocycles. The molecular weight excluding hydrogens is 290 g/mol. The predicted molar refractivity (Wildman–Crippen MR) is 86.9 cm³/mol. The van der Waals surface area contributed by atoms with Gasteiger partial charge >= 0.3 is 0 Å². The molecule has 0 unspecified atom stereocenters. The van der Waals surface area contributed by atoms with Crippen molar-refractivity contribution in [3.8, 4) is 5.69 Å². The number of nitrogens with two attached hydrogens (primary N) is 1. The lowest BCUT2D eigenvalue weighted by atomic mass is 10.1. The van der Waals surface area contributed by atoms with E-state index >= 15 is 0 Å². The van der Waals surface area contributed by atoms with Crippen molar-refractivity contribution in [2.24, 2.45) is 5.73 Å². The molecule has 0 atom stereocenters. The largest absolute Gasteiger partial charge is 0.348 e. The molecule has 23 heavy (non-hydrogen) atoms. The molecule has 3 N–H and O–H groups in total. The predicted octanol–water partition coefficient (Wildman–Crippen LogP) is 1.66. The number of para-hydroxylation sites is 1. The Labute approximate surface area is 134 Å². The van der Waals surface area contributed by atoms with E-state index in [1.807, 2.05) is 36.5 Å². The number of aromatic nitrogens is 3. The number of hydrogen-bond donors (Lipinski definition) is 2. The van der Waals surface area contributed by atoms with Crippen molar-refractivity contribution in [1.82, 2.24) is 20.1 Å². The van der Waals surface area contributed by atoms with E-state index in [4.69, 9.17) is 5.73 Å². The van der Waals surface area contributed by atoms with Crippen molar-refractivity contribution in [3.63, 3.8) is 0 Å². The fraction of sp³-hybridized carbons (Fsp3) is 0.118. The van der Waals surface area contributed by atoms with Crippen molar-refractivity contribution in [1.29, 1.82) is 0 Å². The van der Waals surface area contributed by atoms with Crippen LogP contribution in [0.2, 0.25) is 0 Å². The van der Waals surface area contributed by atoms with Gasteiger partial charge < -0.3 is 11.1 Å². The van der Waals surface area contributed by atoms with Crippen LogP contribution in [-0.4, -0.2) is 20.7 Å². The molecule has 0 saturated heterocycles. The van der Waals surface area contributed by atoms with Gasteiger partial charge in [0.25, 0.3) is 5.91 Å². The molecule has 116 valence electrons. The highest BCUT2D eigenvalue weighted by Gasteiger charge is 2.13. The number of amides is 1. The molecular formula is C17H17N5O. The molecule has 0 bridgehead atoms. The van der Waals surface area contributed by atoms with Crippen LogP contribution in [0.3, 0.4) is 0 Å². The van der Waals surface area contributed by atoms with Crippen LogP contribution < -0.4 is 11.1 Å². The maximum absolute atomic E-state index is 12.5. The molecule has 0 fully saturated rings. The summed E-state index contributed by atoms with van der Waals surface area (Å²) >= 11 is 0. The van der Waals surface area contributed by atoms with Gasteiger partial charge in [0.05, 0.1) is 17.4 Å². The van der Waals surface area contributed by atoms with Crippen molar-refractivity contribution < 1.29 is 4.79 Å². The van der Waals surface area contributed by atoms with Gasteiger partial charge in [-0.2, -0.15) is 5.10 Å². The zero-order valence-electron chi connectivity index (χ0n) is 12.5. The van der Waals surface area contributed by atoms with Crippen LogP contribution >= 0.6 is 0 Å². The van der Waals surface area contributed by atoms with E-state index < -0.39 is 0 Å². The molecule has 0 saturated carbocycles. The summed E-state index contributed by atoms with van der Waals surface area (Å²) in [4.78, 5) is 16.5. The Hall–Kier alpha value is -2.99. The summed E-state index contributed by atoms with van der Waals surface area (Å²) in [6, 6.07) is 11.1. The first-order valence-electron chi connectivity index (χ1n) is 7.28. The Balaban J connectivity index is 1.80. The van der Waals surface area contributed by atoms with E-state index in [9.17, 15) is 4.79 Å². The van der Waals surface area contributed by atoms with Gasteiger partial charge in [-0.15, -0.1) is 0 Å². The van der Waals surface area contributed by atoms with E-state index in [0.717, 1.165) is 16.8 Å². The topological polar surface area (TPSA) is 85.8 Å². The summed E-state index contributed by atoms with van der Waals surface area (Å²) in [5.41, 5.74) is 8.75. The maximum Gasteiger partial charge on any atom is 0.253 e. The normalized spacial score (nSPS) is 10.5. The summed E-state index contributed by atoms with van der Waals surface area (Å²) in [6.07, 6.45) is 6.96. The second-order valence-electron chi connectivity index (χ2n) is 5.06. The summed E-state index contributed by atoms with van der Waals surface area (Å²) in [7, 11) is 0. The minimum absolute atomic E-state index is 0.158. The number of hydrogen-bond acceptors (Lipinski definition) is 4. The van der Waals surface area contributed by atoms with Crippen molar-refractivity contribution in [3.05, 3.63) is 77.9 Å². The van der Waals surface area contributed by atoms with E-state index in [-0.39, 0.29) is 5.91 Å². The molecule has 0 radical (unpaired) electrons. The minimum atomic E-state index is -0.158. The second-order valence-corrected chi connectivity index (χ2v) is 5.06. The first kappa shape index (κ1) is 14.9. The van der Waals surface area contributed by atoms with Crippen LogP contribution in [0.1, 0.15) is 21.5 Å². The van der Waals surface area contributed by atoms with Gasteiger partial charge in [0.2, 0.25) is 0 Å². The Kier molecular flexibility index (Phi) is 4.44. The molecule has 6 nitrogen and oxygen atoms in total. The molecule has 6 heteroatoms. The van der Waals surface area contributed by atoms with E-state index in [0.29, 0.717) is 18.7 Å². The van der Waals surface area contributed by atoms with E-state index in [1.54, 1.807) is 29.3 Å². The maximum atomic E-state index is 12.5. The zero-order valence-corrected chi connectivity index (χ0v) is 12.5. The van der Waals surface area contributed by atoms with Crippen LogP contribution in [0.15, 0.2) is 61.2 Å². The zero-order chi connectivity index (χ0) is 16.1. The average Bonchev–Trinajstić information content (AvgIpc) is 3.09. The Morgan fingerprint density at radius 2 is 2.00 bits per heavy atom. The Bertz CT molecular complexity index is 798. The van der Waals surface area contributed by atoms with E-state index in [1.165, 1.54) is 0 Å². The number of pyridine rings is 1. The molecule has 1 amide bonds. The number of carbonyl (C=O) groups is 1. The fourth-order valence-corrected chi connectivity index (χ4v) is 2.24. The Morgan fingerprint density at radius 3 is 2.74 bits per heavy atom. The number of nitrogens with one attached hydrogen (secondary N) is 1. The monoisotopic (exact) mass is 307 g/mol. The molecule has 3 rings (SSSR count). The van der Waals surface area contributed by atoms with Crippen molar-refractivity contribution >= 4 is 5.91 Å². The second kappa shape index (κ2) is 6.85. The molecule has 0 aliphatic rings. The lowest BCUT2D eigenvalue weighted by Gasteiger charge is -2.10. The van der Waals surface area contributed by atoms with Crippen molar-refractivity contribution in [2.45, 2.75) is 13.1 Å². The smallest absolute Gasteiger partial charge is 0.253 e. The van der Waals surface area contributed by atoms with Crippen molar-refractivity contribution in [2.75, 3.05) is 0 Å². The van der Waals surface area contributed by atoms with Gasteiger partial charge in [0.1, 0.15) is 0 Å². The first-order valence-corrected chi connectivity index (χ1v) is 7.28. The molecule has 2 heterocycles. The lowest BCUT2D eigenvalue weighted by Crippen LogP contribution is -2.24. The number of rotatable bonds is 5. The van der Waals surface area contributed by atoms with Crippen LogP contribution in [0, 0.1) is 0 Å². The molecule has 3 aromatic rings. The van der Waals surface area contributed by atoms with Crippen LogP contribution in [0.5, 0.6) is 0 Å². The van der Waals surface area contributed by atoms with Gasteiger partial charge in [-0.25, -0.2) is 4.68 Å². The molecule has 1 aromatic carbocycles. The highest BCUT2D eigenvalue weighted by molar-refractivity contribution is 5.97. The molecule has 0 aliphatic heterocycles. The average molecular weight is 307 g/mol. The quantitative estimate of drug-likeness (QED) is 0.750. The Morgan fingerprint density at radius 1 is 1.13 bits per heavy atom. The summed E-state index contributed by atoms with van der Waals surface area (Å²) in [6.45, 7) is 0.837. The third-order valence-electron chi connectivity index (χ3n) is 3.44. The highest BCUT2D eigenvalue weighted by atomic mass is 16.1. The highest BCUT2D eigenvalue weighted by Crippen LogP contribution is 2.14. The number of benzene rings is 1. The third kappa shape index (κ3) is 3.44. The van der Waals surface area contributed by atoms with E-state index in [2.05, 4.69) is 15.4 Å². The summed E-state index contributed by atoms with van der Waals surface area (Å²) in [5, 5.41) is 7.17. The lowest BCUT2D eigenvalue weighted by molar-refractivity contribution is 0.0950. The van der Waals surface area contributed by atoms with Gasteiger partial charge in [0.15, 0.2) is 0 Å². The van der Waals surface area contributed by atoms with Crippen LogP contribution in [0.25, 0.3) is 5.69 Å². The fourth-order valence-electron chi connectivity index (χ4n) is 2.24. The molecule has 0 aliphatic carbocycles. The standard InChI is InChI=1S/C17H17N5O/c18-8-14-11-21-22(12-14)16-6-2-1-5-15(16)17(23)20-10-13-4-3-7-19-9-13/h1-7,9,11-12H,8,10,18H2,(H,20,23). The first-order chi connectivity index (χ1) is 11.3. The molecule has 0 spiro atoms. The summed E-state index contributed by atoms with van der Waals surface area (Å²) < 4.78 is 1.67. The SMILES string of the molecule is NCc1cnn(-c2ccccc2C(=O)NCc2cccnc2)c1. The van der Waals surface area contributed by atoms with Gasteiger partial charge in [0, 0.05) is 37.2 Å². The number of carbonyl (C=O) groups excluding carboxylic acids is 1. The van der Waals surface area contributed by atoms with Gasteiger partial charge in [-0.3, -0.25) is 9.78 Å². The van der Waals surface area contributed by atoms with Gasteiger partial charge in [-0.1, -0.05) is 18.2 Å². The number of nitrogens with zero attached hydrogens (tertiary/aromatic N) is 3. The van der Waals surface area contributed by atoms with Crippen LogP contribution in [-0.2, 0) is 13.1 Å². The minimum Gasteiger partial charge on any atom is -0.348 e. The third-order valence-corrected chi connectivity index (χ3v) is 3.44. The van der Waals surface area contributed by atoms with Crippen LogP contribution in [0.4, 0.5) is 0 Å².